The SMILES string of the molecule is Cl.N=C(N)c1c(OCc2ccccc2)cccc1OCc1ccccc1. The first-order valence-electron chi connectivity index (χ1n) is 8.05. The monoisotopic (exact) mass is 368 g/mol. The molecule has 0 bridgehead atoms. The number of nitrogens with one attached hydrogen (secondary N) is 1. The Balaban J connectivity index is 0.00000243. The number of hydrogen-bond donors (Lipinski definition) is 2. The topological polar surface area (TPSA) is 68.3 Å². The average Bonchev–Trinajstić information content (AvgIpc) is 2.66. The third-order valence-electron chi connectivity index (χ3n) is 3.73. The highest BCUT2D eigenvalue weighted by Gasteiger charge is 2.14. The van der Waals surface area contributed by atoms with E-state index in [0.717, 1.165) is 11.1 Å². The Morgan fingerprint density at radius 3 is 1.50 bits per heavy atom. The minimum Gasteiger partial charge on any atom is -0.488 e. The van der Waals surface area contributed by atoms with Crippen molar-refractivity contribution < 1.29 is 9.47 Å². The van der Waals surface area contributed by atoms with Crippen LogP contribution in [0.2, 0.25) is 0 Å². The molecule has 0 amide bonds. The molecule has 5 heteroatoms. The smallest absolute Gasteiger partial charge is 0.134 e. The number of nitrogen functional groups attached to an aromatic ring is 1. The van der Waals surface area contributed by atoms with E-state index in [-0.39, 0.29) is 18.2 Å². The van der Waals surface area contributed by atoms with Gasteiger partial charge in [-0.3, -0.25) is 5.41 Å². The lowest BCUT2D eigenvalue weighted by molar-refractivity contribution is 0.289. The van der Waals surface area contributed by atoms with Crippen molar-refractivity contribution in [3.63, 3.8) is 0 Å². The number of rotatable bonds is 7. The minimum atomic E-state index is -0.0771. The quantitative estimate of drug-likeness (QED) is 0.474. The Labute approximate surface area is 159 Å². The molecule has 3 aromatic carbocycles. The van der Waals surface area contributed by atoms with Gasteiger partial charge in [-0.2, -0.15) is 0 Å². The van der Waals surface area contributed by atoms with Crippen molar-refractivity contribution in [2.75, 3.05) is 0 Å². The van der Waals surface area contributed by atoms with Gasteiger partial charge in [-0.25, -0.2) is 0 Å². The van der Waals surface area contributed by atoms with Gasteiger partial charge in [-0.1, -0.05) is 66.7 Å². The molecule has 26 heavy (non-hydrogen) atoms. The number of nitrogens with two attached hydrogens (primary N) is 1. The highest BCUT2D eigenvalue weighted by atomic mass is 35.5. The van der Waals surface area contributed by atoms with Crippen molar-refractivity contribution >= 4 is 18.2 Å². The first-order valence-corrected chi connectivity index (χ1v) is 8.05. The largest absolute Gasteiger partial charge is 0.488 e. The van der Waals surface area contributed by atoms with Gasteiger partial charge in [0, 0.05) is 0 Å². The van der Waals surface area contributed by atoms with Crippen molar-refractivity contribution in [3.05, 3.63) is 95.6 Å². The molecule has 0 radical (unpaired) electrons. The van der Waals surface area contributed by atoms with E-state index in [1.807, 2.05) is 66.7 Å². The second kappa shape index (κ2) is 9.49. The molecule has 0 atom stereocenters. The highest BCUT2D eigenvalue weighted by molar-refractivity contribution is 6.00. The normalized spacial score (nSPS) is 9.85. The molecule has 3 aromatic rings. The molecule has 0 fully saturated rings. The van der Waals surface area contributed by atoms with Gasteiger partial charge in [0.25, 0.3) is 0 Å². The summed E-state index contributed by atoms with van der Waals surface area (Å²) >= 11 is 0. The van der Waals surface area contributed by atoms with Crippen LogP contribution in [0.3, 0.4) is 0 Å². The maximum absolute atomic E-state index is 7.90. The van der Waals surface area contributed by atoms with E-state index < -0.39 is 0 Å². The van der Waals surface area contributed by atoms with Crippen molar-refractivity contribution in [1.29, 1.82) is 5.41 Å². The summed E-state index contributed by atoms with van der Waals surface area (Å²) in [7, 11) is 0. The van der Waals surface area contributed by atoms with E-state index in [0.29, 0.717) is 30.3 Å². The molecular weight excluding hydrogens is 348 g/mol. The van der Waals surface area contributed by atoms with Crippen LogP contribution in [0.4, 0.5) is 0 Å². The zero-order valence-electron chi connectivity index (χ0n) is 14.2. The molecule has 4 nitrogen and oxygen atoms in total. The predicted octanol–water partition coefficient (Wildman–Crippen LogP) is 4.55. The Bertz CT molecular complexity index is 777. The number of ether oxygens (including phenoxy) is 2. The van der Waals surface area contributed by atoms with Crippen molar-refractivity contribution in [2.45, 2.75) is 13.2 Å². The second-order valence-electron chi connectivity index (χ2n) is 5.59. The van der Waals surface area contributed by atoms with Crippen LogP contribution in [0.5, 0.6) is 11.5 Å². The van der Waals surface area contributed by atoms with E-state index >= 15 is 0 Å². The maximum atomic E-state index is 7.90. The van der Waals surface area contributed by atoms with Gasteiger partial charge in [0.2, 0.25) is 0 Å². The van der Waals surface area contributed by atoms with Crippen LogP contribution in [-0.2, 0) is 13.2 Å². The molecule has 0 aliphatic carbocycles. The standard InChI is InChI=1S/C21H20N2O2.ClH/c22-21(23)20-18(24-14-16-8-3-1-4-9-16)12-7-13-19(20)25-15-17-10-5-2-6-11-17;/h1-13H,14-15H2,(H3,22,23);1H. The lowest BCUT2D eigenvalue weighted by Crippen LogP contribution is -2.15. The first-order chi connectivity index (χ1) is 12.2. The summed E-state index contributed by atoms with van der Waals surface area (Å²) in [6, 6.07) is 25.2. The number of amidine groups is 1. The van der Waals surface area contributed by atoms with Crippen molar-refractivity contribution in [3.8, 4) is 11.5 Å². The van der Waals surface area contributed by atoms with Crippen molar-refractivity contribution in [1.82, 2.24) is 0 Å². The molecule has 3 rings (SSSR count). The molecule has 0 spiro atoms. The molecule has 0 aliphatic rings. The summed E-state index contributed by atoms with van der Waals surface area (Å²) in [5.41, 5.74) is 8.35. The van der Waals surface area contributed by atoms with Gasteiger partial charge in [0.15, 0.2) is 0 Å². The number of hydrogen-bond acceptors (Lipinski definition) is 3. The van der Waals surface area contributed by atoms with Crippen LogP contribution in [0.15, 0.2) is 78.9 Å². The van der Waals surface area contributed by atoms with E-state index in [1.54, 1.807) is 12.1 Å². The molecular formula is C21H21ClN2O2. The van der Waals surface area contributed by atoms with Crippen LogP contribution >= 0.6 is 12.4 Å². The fourth-order valence-corrected chi connectivity index (χ4v) is 2.49. The lowest BCUT2D eigenvalue weighted by Gasteiger charge is -2.15. The molecule has 0 heterocycles. The fourth-order valence-electron chi connectivity index (χ4n) is 2.49. The minimum absolute atomic E-state index is 0. The van der Waals surface area contributed by atoms with Gasteiger partial charge < -0.3 is 15.2 Å². The molecule has 0 unspecified atom stereocenters. The van der Waals surface area contributed by atoms with Crippen LogP contribution < -0.4 is 15.2 Å². The summed E-state index contributed by atoms with van der Waals surface area (Å²) in [4.78, 5) is 0. The van der Waals surface area contributed by atoms with Crippen LogP contribution in [-0.4, -0.2) is 5.84 Å². The van der Waals surface area contributed by atoms with Crippen LogP contribution in [0.1, 0.15) is 16.7 Å². The summed E-state index contributed by atoms with van der Waals surface area (Å²) in [5.74, 6) is 1.01. The van der Waals surface area contributed by atoms with Gasteiger partial charge in [-0.05, 0) is 23.3 Å². The number of halogens is 1. The molecule has 0 saturated heterocycles. The summed E-state index contributed by atoms with van der Waals surface area (Å²) in [5, 5.41) is 7.90. The maximum Gasteiger partial charge on any atom is 0.134 e. The van der Waals surface area contributed by atoms with E-state index in [9.17, 15) is 0 Å². The van der Waals surface area contributed by atoms with Crippen LogP contribution in [0, 0.1) is 5.41 Å². The second-order valence-corrected chi connectivity index (χ2v) is 5.59. The summed E-state index contributed by atoms with van der Waals surface area (Å²) in [6.45, 7) is 0.812. The molecule has 0 aliphatic heterocycles. The Morgan fingerprint density at radius 1 is 0.692 bits per heavy atom. The summed E-state index contributed by atoms with van der Waals surface area (Å²) < 4.78 is 11.8. The highest BCUT2D eigenvalue weighted by Crippen LogP contribution is 2.29. The van der Waals surface area contributed by atoms with Gasteiger partial charge in [0.05, 0.1) is 0 Å². The summed E-state index contributed by atoms with van der Waals surface area (Å²) in [6.07, 6.45) is 0. The third-order valence-corrected chi connectivity index (χ3v) is 3.73. The van der Waals surface area contributed by atoms with E-state index in [1.165, 1.54) is 0 Å². The zero-order valence-corrected chi connectivity index (χ0v) is 15.0. The predicted molar refractivity (Wildman–Crippen MR) is 106 cm³/mol. The van der Waals surface area contributed by atoms with Gasteiger partial charge in [-0.15, -0.1) is 12.4 Å². The first kappa shape index (κ1) is 19.3. The molecule has 134 valence electrons. The third kappa shape index (κ3) is 5.01. The Hall–Kier alpha value is -2.98. The average molecular weight is 369 g/mol. The number of benzene rings is 3. The molecule has 0 saturated carbocycles. The van der Waals surface area contributed by atoms with E-state index in [2.05, 4.69) is 0 Å². The van der Waals surface area contributed by atoms with Crippen molar-refractivity contribution in [2.24, 2.45) is 5.73 Å². The Kier molecular flexibility index (Phi) is 7.06. The fraction of sp³-hybridized carbons (Fsp3) is 0.0952. The zero-order chi connectivity index (χ0) is 17.5. The van der Waals surface area contributed by atoms with Gasteiger partial charge >= 0.3 is 0 Å². The van der Waals surface area contributed by atoms with Crippen LogP contribution in [0.25, 0.3) is 0 Å². The van der Waals surface area contributed by atoms with Gasteiger partial charge in [0.1, 0.15) is 36.1 Å². The van der Waals surface area contributed by atoms with E-state index in [4.69, 9.17) is 20.6 Å². The molecule has 0 aromatic heterocycles. The molecule has 3 N–H and O–H groups in total. The lowest BCUT2D eigenvalue weighted by atomic mass is 10.1. The Morgan fingerprint density at radius 2 is 1.12 bits per heavy atom.